The van der Waals surface area contributed by atoms with Gasteiger partial charge in [-0.05, 0) is 26.0 Å². The van der Waals surface area contributed by atoms with E-state index in [9.17, 15) is 13.5 Å². The van der Waals surface area contributed by atoms with Gasteiger partial charge in [-0.1, -0.05) is 13.0 Å². The summed E-state index contributed by atoms with van der Waals surface area (Å²) >= 11 is 0. The summed E-state index contributed by atoms with van der Waals surface area (Å²) in [6.07, 6.45) is 2.03. The van der Waals surface area contributed by atoms with Crippen molar-refractivity contribution in [3.63, 3.8) is 0 Å². The van der Waals surface area contributed by atoms with Gasteiger partial charge in [-0.3, -0.25) is 4.98 Å². The van der Waals surface area contributed by atoms with Gasteiger partial charge < -0.3 is 5.11 Å². The maximum Gasteiger partial charge on any atom is 0.214 e. The fourth-order valence-corrected chi connectivity index (χ4v) is 3.38. The molecular weight excluding hydrogens is 264 g/mol. The van der Waals surface area contributed by atoms with Crippen molar-refractivity contribution in [3.8, 4) is 0 Å². The Bertz CT molecular complexity index is 480. The molecule has 0 spiro atoms. The van der Waals surface area contributed by atoms with Gasteiger partial charge in [0.05, 0.1) is 11.4 Å². The van der Waals surface area contributed by atoms with Crippen LogP contribution in [0.3, 0.4) is 0 Å². The van der Waals surface area contributed by atoms with Crippen LogP contribution in [-0.2, 0) is 16.4 Å². The quantitative estimate of drug-likeness (QED) is 0.813. The second-order valence-electron chi connectivity index (χ2n) is 5.13. The first-order chi connectivity index (χ1) is 8.74. The highest BCUT2D eigenvalue weighted by molar-refractivity contribution is 7.89. The van der Waals surface area contributed by atoms with Crippen LogP contribution in [0.15, 0.2) is 24.4 Å². The Kier molecular flexibility index (Phi) is 5.46. The number of hydrogen-bond acceptors (Lipinski definition) is 4. The molecule has 0 atom stereocenters. The molecule has 19 heavy (non-hydrogen) atoms. The molecule has 0 radical (unpaired) electrons. The number of sulfonamides is 1. The Hall–Kier alpha value is -0.980. The summed E-state index contributed by atoms with van der Waals surface area (Å²) in [6, 6.07) is 5.44. The van der Waals surface area contributed by atoms with Crippen molar-refractivity contribution in [1.82, 2.24) is 9.29 Å². The number of aromatic nitrogens is 1. The molecule has 1 aromatic heterocycles. The lowest BCUT2D eigenvalue weighted by atomic mass is 10.1. The van der Waals surface area contributed by atoms with Crippen molar-refractivity contribution in [1.29, 1.82) is 0 Å². The summed E-state index contributed by atoms with van der Waals surface area (Å²) in [6.45, 7) is 5.43. The Morgan fingerprint density at radius 3 is 2.53 bits per heavy atom. The highest BCUT2D eigenvalue weighted by Crippen LogP contribution is 2.11. The largest absolute Gasteiger partial charge is 0.389 e. The van der Waals surface area contributed by atoms with Gasteiger partial charge in [0.25, 0.3) is 0 Å². The standard InChI is InChI=1S/C13H22N2O3S/c1-4-15(11-13(2,3)16)19(17,18)10-8-12-7-5-6-9-14-12/h5-7,9,16H,4,8,10-11H2,1-3H3. The molecule has 1 heterocycles. The van der Waals surface area contributed by atoms with Crippen molar-refractivity contribution in [2.75, 3.05) is 18.8 Å². The number of nitrogens with zero attached hydrogens (tertiary/aromatic N) is 2. The first kappa shape index (κ1) is 16.1. The van der Waals surface area contributed by atoms with Crippen molar-refractivity contribution < 1.29 is 13.5 Å². The Morgan fingerprint density at radius 2 is 2.05 bits per heavy atom. The van der Waals surface area contributed by atoms with Gasteiger partial charge in [-0.15, -0.1) is 0 Å². The second-order valence-corrected chi connectivity index (χ2v) is 7.21. The SMILES string of the molecule is CCN(CC(C)(C)O)S(=O)(=O)CCc1ccccn1. The minimum atomic E-state index is -3.37. The summed E-state index contributed by atoms with van der Waals surface area (Å²) in [5.74, 6) is 0.00787. The van der Waals surface area contributed by atoms with E-state index in [1.165, 1.54) is 4.31 Å². The van der Waals surface area contributed by atoms with Crippen LogP contribution in [-0.4, -0.2) is 47.3 Å². The van der Waals surface area contributed by atoms with Gasteiger partial charge in [-0.2, -0.15) is 4.31 Å². The summed E-state index contributed by atoms with van der Waals surface area (Å²) in [5.41, 5.74) is -0.279. The van der Waals surface area contributed by atoms with Gasteiger partial charge in [0.2, 0.25) is 10.0 Å². The van der Waals surface area contributed by atoms with Crippen molar-refractivity contribution in [2.24, 2.45) is 0 Å². The minimum Gasteiger partial charge on any atom is -0.389 e. The van der Waals surface area contributed by atoms with Crippen LogP contribution in [0.4, 0.5) is 0 Å². The number of pyridine rings is 1. The third kappa shape index (κ3) is 5.67. The molecule has 1 N–H and O–H groups in total. The van der Waals surface area contributed by atoms with Crippen LogP contribution in [0.1, 0.15) is 26.5 Å². The number of rotatable bonds is 7. The average Bonchev–Trinajstić information content (AvgIpc) is 2.34. The Balaban J connectivity index is 2.68. The normalized spacial score (nSPS) is 12.9. The van der Waals surface area contributed by atoms with E-state index in [1.807, 2.05) is 12.1 Å². The molecule has 0 aliphatic heterocycles. The molecule has 0 aromatic carbocycles. The highest BCUT2D eigenvalue weighted by atomic mass is 32.2. The molecule has 1 aromatic rings. The van der Waals surface area contributed by atoms with E-state index >= 15 is 0 Å². The van der Waals surface area contributed by atoms with E-state index in [-0.39, 0.29) is 12.3 Å². The smallest absolute Gasteiger partial charge is 0.214 e. The summed E-state index contributed by atoms with van der Waals surface area (Å²) in [7, 11) is -3.37. The monoisotopic (exact) mass is 286 g/mol. The molecule has 0 fully saturated rings. The first-order valence-corrected chi connectivity index (χ1v) is 7.95. The molecule has 0 unspecified atom stereocenters. The predicted molar refractivity (Wildman–Crippen MR) is 75.3 cm³/mol. The number of aryl methyl sites for hydroxylation is 1. The van der Waals surface area contributed by atoms with Gasteiger partial charge >= 0.3 is 0 Å². The van der Waals surface area contributed by atoms with Gasteiger partial charge in [0, 0.05) is 31.4 Å². The maximum absolute atomic E-state index is 12.2. The molecule has 0 amide bonds. The third-order valence-corrected chi connectivity index (χ3v) is 4.55. The highest BCUT2D eigenvalue weighted by Gasteiger charge is 2.26. The van der Waals surface area contributed by atoms with Gasteiger partial charge in [0.15, 0.2) is 0 Å². The number of hydrogen-bond donors (Lipinski definition) is 1. The summed E-state index contributed by atoms with van der Waals surface area (Å²) in [4.78, 5) is 4.11. The molecule has 5 nitrogen and oxygen atoms in total. The van der Waals surface area contributed by atoms with E-state index in [1.54, 1.807) is 33.0 Å². The van der Waals surface area contributed by atoms with E-state index in [4.69, 9.17) is 0 Å². The average molecular weight is 286 g/mol. The van der Waals surface area contributed by atoms with Crippen LogP contribution in [0.25, 0.3) is 0 Å². The molecular formula is C13H22N2O3S. The number of aliphatic hydroxyl groups is 1. The Labute approximate surface area is 115 Å². The first-order valence-electron chi connectivity index (χ1n) is 6.35. The van der Waals surface area contributed by atoms with Gasteiger partial charge in [0.1, 0.15) is 0 Å². The third-order valence-electron chi connectivity index (χ3n) is 2.65. The lowest BCUT2D eigenvalue weighted by Crippen LogP contribution is -2.43. The lowest BCUT2D eigenvalue weighted by Gasteiger charge is -2.27. The van der Waals surface area contributed by atoms with Gasteiger partial charge in [-0.25, -0.2) is 8.42 Å². The summed E-state index contributed by atoms with van der Waals surface area (Å²) in [5, 5.41) is 9.75. The fourth-order valence-electron chi connectivity index (χ4n) is 1.75. The fraction of sp³-hybridized carbons (Fsp3) is 0.615. The molecule has 0 aliphatic rings. The lowest BCUT2D eigenvalue weighted by molar-refractivity contribution is 0.0601. The van der Waals surface area contributed by atoms with Crippen molar-refractivity contribution in [2.45, 2.75) is 32.8 Å². The topological polar surface area (TPSA) is 70.5 Å². The minimum absolute atomic E-state index is 0.00787. The van der Waals surface area contributed by atoms with Crippen LogP contribution in [0.5, 0.6) is 0 Å². The Morgan fingerprint density at radius 1 is 1.37 bits per heavy atom. The molecule has 1 rings (SSSR count). The maximum atomic E-state index is 12.2. The van der Waals surface area contributed by atoms with E-state index in [2.05, 4.69) is 4.98 Å². The number of likely N-dealkylation sites (N-methyl/N-ethyl adjacent to an activating group) is 1. The molecule has 0 saturated heterocycles. The van der Waals surface area contributed by atoms with Crippen LogP contribution in [0.2, 0.25) is 0 Å². The molecule has 6 heteroatoms. The van der Waals surface area contributed by atoms with Crippen LogP contribution < -0.4 is 0 Å². The zero-order valence-electron chi connectivity index (χ0n) is 11.7. The van der Waals surface area contributed by atoms with E-state index in [0.717, 1.165) is 5.69 Å². The van der Waals surface area contributed by atoms with Crippen LogP contribution >= 0.6 is 0 Å². The molecule has 108 valence electrons. The van der Waals surface area contributed by atoms with Crippen molar-refractivity contribution in [3.05, 3.63) is 30.1 Å². The molecule has 0 bridgehead atoms. The van der Waals surface area contributed by atoms with Crippen LogP contribution in [0, 0.1) is 0 Å². The molecule has 0 aliphatic carbocycles. The molecule has 0 saturated carbocycles. The van der Waals surface area contributed by atoms with E-state index < -0.39 is 15.6 Å². The zero-order valence-corrected chi connectivity index (χ0v) is 12.5. The predicted octanol–water partition coefficient (Wildman–Crippen LogP) is 1.05. The van der Waals surface area contributed by atoms with Crippen molar-refractivity contribution >= 4 is 10.0 Å². The van der Waals surface area contributed by atoms with E-state index in [0.29, 0.717) is 13.0 Å². The second kappa shape index (κ2) is 6.45. The summed E-state index contributed by atoms with van der Waals surface area (Å²) < 4.78 is 25.7. The zero-order chi connectivity index (χ0) is 14.5.